The van der Waals surface area contributed by atoms with Crippen molar-refractivity contribution < 1.29 is 9.32 Å². The summed E-state index contributed by atoms with van der Waals surface area (Å²) in [5, 5.41) is 7.19. The van der Waals surface area contributed by atoms with Gasteiger partial charge in [0.2, 0.25) is 5.89 Å². The Kier molecular flexibility index (Phi) is 4.78. The number of hydrogen-bond acceptors (Lipinski definition) is 7. The van der Waals surface area contributed by atoms with Gasteiger partial charge in [-0.3, -0.25) is 14.7 Å². The van der Waals surface area contributed by atoms with E-state index in [9.17, 15) is 4.79 Å². The fourth-order valence-electron chi connectivity index (χ4n) is 5.05. The highest BCUT2D eigenvalue weighted by Crippen LogP contribution is 2.50. The number of aryl methyl sites for hydroxylation is 1. The van der Waals surface area contributed by atoms with Gasteiger partial charge in [-0.05, 0) is 31.2 Å². The first-order valence-electron chi connectivity index (χ1n) is 10.3. The van der Waals surface area contributed by atoms with Gasteiger partial charge < -0.3 is 9.84 Å². The van der Waals surface area contributed by atoms with E-state index in [1.54, 1.807) is 6.20 Å². The molecule has 5 rings (SSSR count). The lowest BCUT2D eigenvalue weighted by atomic mass is 9.80. The predicted octanol–water partition coefficient (Wildman–Crippen LogP) is 2.13. The van der Waals surface area contributed by atoms with Crippen molar-refractivity contribution in [3.8, 4) is 0 Å². The lowest BCUT2D eigenvalue weighted by Gasteiger charge is -2.25. The van der Waals surface area contributed by atoms with Gasteiger partial charge in [0.1, 0.15) is 5.69 Å². The fourth-order valence-corrected chi connectivity index (χ4v) is 5.05. The van der Waals surface area contributed by atoms with Crippen molar-refractivity contribution in [2.75, 3.05) is 13.1 Å². The second-order valence-electron chi connectivity index (χ2n) is 8.36. The van der Waals surface area contributed by atoms with Crippen molar-refractivity contribution in [2.45, 2.75) is 37.8 Å². The molecule has 8 nitrogen and oxygen atoms in total. The number of fused-ring (bicyclic) bond motifs is 1. The van der Waals surface area contributed by atoms with E-state index < -0.39 is 0 Å². The van der Waals surface area contributed by atoms with Gasteiger partial charge in [-0.15, -0.1) is 0 Å². The van der Waals surface area contributed by atoms with Crippen molar-refractivity contribution in [3.05, 3.63) is 71.9 Å². The van der Waals surface area contributed by atoms with E-state index in [4.69, 9.17) is 4.52 Å². The minimum Gasteiger partial charge on any atom is -0.348 e. The fraction of sp³-hybridized carbons (Fsp3) is 0.409. The molecule has 2 aliphatic rings. The maximum absolute atomic E-state index is 12.6. The third-order valence-electron chi connectivity index (χ3n) is 6.28. The molecule has 154 valence electrons. The summed E-state index contributed by atoms with van der Waals surface area (Å²) < 4.78 is 5.67. The summed E-state index contributed by atoms with van der Waals surface area (Å²) in [6, 6.07) is 10.5. The standard InChI is InChI=1S/C22H24N6O2/c1-15-25-21(30-27-15)22-10-18(26-20(29)19-11-23-7-8-24-19)9-17(22)13-28(14-22)12-16-5-3-2-4-6-16/h2-8,11,17-18H,9-10,12-14H2,1H3,(H,26,29). The number of amides is 1. The van der Waals surface area contributed by atoms with E-state index in [0.29, 0.717) is 23.3 Å². The topological polar surface area (TPSA) is 97.0 Å². The largest absolute Gasteiger partial charge is 0.348 e. The van der Waals surface area contributed by atoms with Crippen molar-refractivity contribution in [1.82, 2.24) is 30.3 Å². The number of benzene rings is 1. The number of nitrogens with zero attached hydrogens (tertiary/aromatic N) is 5. The molecule has 8 heteroatoms. The smallest absolute Gasteiger partial charge is 0.271 e. The summed E-state index contributed by atoms with van der Waals surface area (Å²) >= 11 is 0. The van der Waals surface area contributed by atoms with Crippen LogP contribution in [0.2, 0.25) is 0 Å². The number of carbonyl (C=O) groups excluding carboxylic acids is 1. The first-order valence-corrected chi connectivity index (χ1v) is 10.3. The highest BCUT2D eigenvalue weighted by atomic mass is 16.5. The number of likely N-dealkylation sites (tertiary alicyclic amines) is 1. The molecule has 1 aromatic carbocycles. The van der Waals surface area contributed by atoms with Gasteiger partial charge in [-0.2, -0.15) is 4.98 Å². The Bertz CT molecular complexity index is 1020. The minimum atomic E-state index is -0.240. The van der Waals surface area contributed by atoms with E-state index in [-0.39, 0.29) is 17.4 Å². The van der Waals surface area contributed by atoms with Crippen LogP contribution in [0.3, 0.4) is 0 Å². The normalized spacial score (nSPS) is 25.9. The van der Waals surface area contributed by atoms with Gasteiger partial charge in [0.25, 0.3) is 5.91 Å². The molecular weight excluding hydrogens is 380 g/mol. The van der Waals surface area contributed by atoms with Crippen molar-refractivity contribution in [3.63, 3.8) is 0 Å². The molecule has 1 amide bonds. The van der Waals surface area contributed by atoms with Crippen LogP contribution >= 0.6 is 0 Å². The number of aromatic nitrogens is 4. The number of hydrogen-bond donors (Lipinski definition) is 1. The molecular formula is C22H24N6O2. The summed E-state index contributed by atoms with van der Waals surface area (Å²) in [6.07, 6.45) is 6.23. The van der Waals surface area contributed by atoms with Crippen LogP contribution in [-0.2, 0) is 12.0 Å². The van der Waals surface area contributed by atoms with Gasteiger partial charge in [0.05, 0.1) is 11.6 Å². The highest BCUT2D eigenvalue weighted by molar-refractivity contribution is 5.92. The molecule has 0 radical (unpaired) electrons. The van der Waals surface area contributed by atoms with Crippen LogP contribution in [0.15, 0.2) is 53.4 Å². The Balaban J connectivity index is 1.35. The Hall–Kier alpha value is -3.13. The highest BCUT2D eigenvalue weighted by Gasteiger charge is 2.57. The molecule has 3 atom stereocenters. The van der Waals surface area contributed by atoms with Crippen LogP contribution in [0.5, 0.6) is 0 Å². The lowest BCUT2D eigenvalue weighted by Crippen LogP contribution is -2.38. The van der Waals surface area contributed by atoms with E-state index in [2.05, 4.69) is 54.6 Å². The van der Waals surface area contributed by atoms with Crippen LogP contribution in [0, 0.1) is 12.8 Å². The maximum Gasteiger partial charge on any atom is 0.271 e. The molecule has 30 heavy (non-hydrogen) atoms. The minimum absolute atomic E-state index is 0.0376. The Morgan fingerprint density at radius 2 is 2.17 bits per heavy atom. The predicted molar refractivity (Wildman–Crippen MR) is 108 cm³/mol. The van der Waals surface area contributed by atoms with Crippen molar-refractivity contribution in [2.24, 2.45) is 5.92 Å². The van der Waals surface area contributed by atoms with Crippen molar-refractivity contribution in [1.29, 1.82) is 0 Å². The summed E-state index contributed by atoms with van der Waals surface area (Å²) in [5.74, 6) is 1.49. The third-order valence-corrected chi connectivity index (χ3v) is 6.28. The average molecular weight is 404 g/mol. The van der Waals surface area contributed by atoms with Gasteiger partial charge in [0, 0.05) is 38.1 Å². The monoisotopic (exact) mass is 404 g/mol. The summed E-state index contributed by atoms with van der Waals surface area (Å²) in [7, 11) is 0. The average Bonchev–Trinajstić information content (AvgIpc) is 3.42. The zero-order chi connectivity index (χ0) is 20.6. The first kappa shape index (κ1) is 18.9. The zero-order valence-corrected chi connectivity index (χ0v) is 16.9. The third kappa shape index (κ3) is 3.47. The van der Waals surface area contributed by atoms with Gasteiger partial charge in [-0.25, -0.2) is 4.98 Å². The van der Waals surface area contributed by atoms with E-state index >= 15 is 0 Å². The van der Waals surface area contributed by atoms with E-state index in [1.165, 1.54) is 18.0 Å². The maximum atomic E-state index is 12.6. The SMILES string of the molecule is Cc1noc(C23CC(NC(=O)c4cnccn4)CC2CN(Cc2ccccc2)C3)n1. The van der Waals surface area contributed by atoms with Gasteiger partial charge >= 0.3 is 0 Å². The molecule has 3 unspecified atom stereocenters. The number of nitrogens with one attached hydrogen (secondary N) is 1. The number of rotatable bonds is 5. The Morgan fingerprint density at radius 3 is 2.90 bits per heavy atom. The molecule has 2 aromatic heterocycles. The van der Waals surface area contributed by atoms with E-state index in [0.717, 1.165) is 32.5 Å². The molecule has 1 aliphatic carbocycles. The molecule has 1 saturated heterocycles. The van der Waals surface area contributed by atoms with Crippen LogP contribution in [0.4, 0.5) is 0 Å². The number of carbonyl (C=O) groups is 1. The molecule has 3 heterocycles. The van der Waals surface area contributed by atoms with E-state index in [1.807, 2.05) is 13.0 Å². The van der Waals surface area contributed by atoms with Gasteiger partial charge in [-0.1, -0.05) is 35.5 Å². The van der Waals surface area contributed by atoms with Gasteiger partial charge in [0.15, 0.2) is 5.82 Å². The lowest BCUT2D eigenvalue weighted by molar-refractivity contribution is 0.0928. The van der Waals surface area contributed by atoms with Crippen LogP contribution in [0.1, 0.15) is 40.6 Å². The summed E-state index contributed by atoms with van der Waals surface area (Å²) in [4.78, 5) is 27.7. The molecule has 3 aromatic rings. The molecule has 1 saturated carbocycles. The Morgan fingerprint density at radius 1 is 1.30 bits per heavy atom. The van der Waals surface area contributed by atoms with Crippen molar-refractivity contribution >= 4 is 5.91 Å². The molecule has 2 fully saturated rings. The quantitative estimate of drug-likeness (QED) is 0.696. The molecule has 0 bridgehead atoms. The first-order chi connectivity index (χ1) is 14.6. The van der Waals surface area contributed by atoms with Crippen LogP contribution in [0.25, 0.3) is 0 Å². The molecule has 1 N–H and O–H groups in total. The summed E-state index contributed by atoms with van der Waals surface area (Å²) in [6.45, 7) is 4.51. The summed E-state index contributed by atoms with van der Waals surface area (Å²) in [5.41, 5.74) is 1.39. The Labute approximate surface area is 174 Å². The molecule has 1 aliphatic heterocycles. The molecule has 0 spiro atoms. The van der Waals surface area contributed by atoms with Crippen LogP contribution in [-0.4, -0.2) is 50.0 Å². The van der Waals surface area contributed by atoms with Crippen LogP contribution < -0.4 is 5.32 Å². The second kappa shape index (κ2) is 7.60. The zero-order valence-electron chi connectivity index (χ0n) is 16.9. The second-order valence-corrected chi connectivity index (χ2v) is 8.36.